The Balaban J connectivity index is 2.09. The first-order valence-electron chi connectivity index (χ1n) is 4.83. The number of rotatable bonds is 3. The molecule has 1 atom stereocenters. The molecule has 0 spiro atoms. The van der Waals surface area contributed by atoms with Gasteiger partial charge in [-0.3, -0.25) is 0 Å². The van der Waals surface area contributed by atoms with Gasteiger partial charge in [0, 0.05) is 11.5 Å². The van der Waals surface area contributed by atoms with E-state index >= 15 is 0 Å². The summed E-state index contributed by atoms with van der Waals surface area (Å²) in [4.78, 5) is 0. The number of para-hydroxylation sites is 1. The van der Waals surface area contributed by atoms with Gasteiger partial charge < -0.3 is 10.5 Å². The van der Waals surface area contributed by atoms with Crippen LogP contribution in [0.4, 0.5) is 0 Å². The fourth-order valence-corrected chi connectivity index (χ4v) is 1.83. The molecule has 0 saturated heterocycles. The SMILES string of the molecule is NCCCC1COc2ccccc21. The van der Waals surface area contributed by atoms with Crippen molar-refractivity contribution in [2.75, 3.05) is 13.2 Å². The molecule has 2 rings (SSSR count). The smallest absolute Gasteiger partial charge is 0.122 e. The van der Waals surface area contributed by atoms with Gasteiger partial charge in [0.05, 0.1) is 6.61 Å². The van der Waals surface area contributed by atoms with Crippen LogP contribution in [0.2, 0.25) is 0 Å². The van der Waals surface area contributed by atoms with Crippen molar-refractivity contribution in [3.8, 4) is 5.75 Å². The molecule has 0 bridgehead atoms. The third-order valence-corrected chi connectivity index (χ3v) is 2.56. The van der Waals surface area contributed by atoms with E-state index in [0.717, 1.165) is 31.7 Å². The Labute approximate surface area is 78.7 Å². The summed E-state index contributed by atoms with van der Waals surface area (Å²) in [6, 6.07) is 8.29. The van der Waals surface area contributed by atoms with Gasteiger partial charge in [0.2, 0.25) is 0 Å². The number of benzene rings is 1. The Kier molecular flexibility index (Phi) is 2.50. The molecule has 0 amide bonds. The van der Waals surface area contributed by atoms with Crippen LogP contribution >= 0.6 is 0 Å². The van der Waals surface area contributed by atoms with Crippen molar-refractivity contribution in [2.24, 2.45) is 5.73 Å². The first-order chi connectivity index (χ1) is 6.42. The molecule has 0 radical (unpaired) electrons. The van der Waals surface area contributed by atoms with Crippen LogP contribution in [-0.4, -0.2) is 13.2 Å². The van der Waals surface area contributed by atoms with Gasteiger partial charge >= 0.3 is 0 Å². The average molecular weight is 177 g/mol. The molecular weight excluding hydrogens is 162 g/mol. The van der Waals surface area contributed by atoms with Gasteiger partial charge in [0.25, 0.3) is 0 Å². The highest BCUT2D eigenvalue weighted by Gasteiger charge is 2.22. The van der Waals surface area contributed by atoms with Crippen LogP contribution < -0.4 is 10.5 Å². The topological polar surface area (TPSA) is 35.2 Å². The summed E-state index contributed by atoms with van der Waals surface area (Å²) in [6.45, 7) is 1.61. The highest BCUT2D eigenvalue weighted by atomic mass is 16.5. The maximum Gasteiger partial charge on any atom is 0.122 e. The van der Waals surface area contributed by atoms with Crippen LogP contribution in [0.25, 0.3) is 0 Å². The van der Waals surface area contributed by atoms with E-state index in [0.29, 0.717) is 5.92 Å². The lowest BCUT2D eigenvalue weighted by molar-refractivity contribution is 0.324. The highest BCUT2D eigenvalue weighted by molar-refractivity contribution is 5.39. The minimum absolute atomic E-state index is 0.569. The molecule has 1 aliphatic heterocycles. The highest BCUT2D eigenvalue weighted by Crippen LogP contribution is 2.35. The molecule has 1 aliphatic rings. The van der Waals surface area contributed by atoms with Crippen LogP contribution in [-0.2, 0) is 0 Å². The van der Waals surface area contributed by atoms with Crippen LogP contribution in [0.5, 0.6) is 5.75 Å². The number of fused-ring (bicyclic) bond motifs is 1. The second kappa shape index (κ2) is 3.79. The number of hydrogen-bond acceptors (Lipinski definition) is 2. The van der Waals surface area contributed by atoms with E-state index in [1.807, 2.05) is 12.1 Å². The summed E-state index contributed by atoms with van der Waals surface area (Å²) in [7, 11) is 0. The van der Waals surface area contributed by atoms with Gasteiger partial charge in [0.15, 0.2) is 0 Å². The van der Waals surface area contributed by atoms with Crippen molar-refractivity contribution in [3.05, 3.63) is 29.8 Å². The van der Waals surface area contributed by atoms with Crippen molar-refractivity contribution in [2.45, 2.75) is 18.8 Å². The standard InChI is InChI=1S/C11H15NO/c12-7-3-4-9-8-13-11-6-2-1-5-10(9)11/h1-2,5-6,9H,3-4,7-8,12H2. The van der Waals surface area contributed by atoms with E-state index in [2.05, 4.69) is 12.1 Å². The van der Waals surface area contributed by atoms with Gasteiger partial charge in [0.1, 0.15) is 5.75 Å². The van der Waals surface area contributed by atoms with E-state index in [1.54, 1.807) is 0 Å². The van der Waals surface area contributed by atoms with Crippen molar-refractivity contribution < 1.29 is 4.74 Å². The molecule has 0 aromatic heterocycles. The van der Waals surface area contributed by atoms with Crippen molar-refractivity contribution >= 4 is 0 Å². The largest absolute Gasteiger partial charge is 0.493 e. The molecule has 1 aromatic carbocycles. The summed E-state index contributed by atoms with van der Waals surface area (Å²) in [5.41, 5.74) is 6.84. The first-order valence-corrected chi connectivity index (χ1v) is 4.83. The van der Waals surface area contributed by atoms with Gasteiger partial charge in [-0.15, -0.1) is 0 Å². The van der Waals surface area contributed by atoms with Crippen LogP contribution in [0.3, 0.4) is 0 Å². The van der Waals surface area contributed by atoms with E-state index in [1.165, 1.54) is 5.56 Å². The molecule has 70 valence electrons. The summed E-state index contributed by atoms with van der Waals surface area (Å²) >= 11 is 0. The van der Waals surface area contributed by atoms with Crippen LogP contribution in [0.15, 0.2) is 24.3 Å². The second-order valence-corrected chi connectivity index (χ2v) is 3.48. The maximum absolute atomic E-state index is 5.57. The van der Waals surface area contributed by atoms with Crippen LogP contribution in [0.1, 0.15) is 24.3 Å². The Hall–Kier alpha value is -1.02. The summed E-state index contributed by atoms with van der Waals surface area (Å²) < 4.78 is 5.57. The first kappa shape index (κ1) is 8.57. The normalized spacial score (nSPS) is 19.6. The van der Waals surface area contributed by atoms with E-state index < -0.39 is 0 Å². The predicted octanol–water partition coefficient (Wildman–Crippen LogP) is 1.90. The summed E-state index contributed by atoms with van der Waals surface area (Å²) in [6.07, 6.45) is 2.23. The fourth-order valence-electron chi connectivity index (χ4n) is 1.83. The third kappa shape index (κ3) is 1.68. The molecule has 2 heteroatoms. The molecule has 0 fully saturated rings. The zero-order chi connectivity index (χ0) is 9.10. The second-order valence-electron chi connectivity index (χ2n) is 3.48. The third-order valence-electron chi connectivity index (χ3n) is 2.56. The maximum atomic E-state index is 5.57. The summed E-state index contributed by atoms with van der Waals surface area (Å²) in [5, 5.41) is 0. The summed E-state index contributed by atoms with van der Waals surface area (Å²) in [5.74, 6) is 1.63. The molecule has 2 N–H and O–H groups in total. The lowest BCUT2D eigenvalue weighted by atomic mass is 9.96. The van der Waals surface area contributed by atoms with Gasteiger partial charge in [-0.25, -0.2) is 0 Å². The van der Waals surface area contributed by atoms with Crippen molar-refractivity contribution in [3.63, 3.8) is 0 Å². The fraction of sp³-hybridized carbons (Fsp3) is 0.455. The van der Waals surface area contributed by atoms with E-state index in [-0.39, 0.29) is 0 Å². The molecule has 1 unspecified atom stereocenters. The molecule has 0 saturated carbocycles. The van der Waals surface area contributed by atoms with E-state index in [4.69, 9.17) is 10.5 Å². The minimum Gasteiger partial charge on any atom is -0.493 e. The van der Waals surface area contributed by atoms with Crippen molar-refractivity contribution in [1.29, 1.82) is 0 Å². The molecular formula is C11H15NO. The molecule has 1 heterocycles. The predicted molar refractivity (Wildman–Crippen MR) is 53.0 cm³/mol. The monoisotopic (exact) mass is 177 g/mol. The number of ether oxygens (including phenoxy) is 1. The zero-order valence-corrected chi connectivity index (χ0v) is 7.70. The Morgan fingerprint density at radius 1 is 1.38 bits per heavy atom. The zero-order valence-electron chi connectivity index (χ0n) is 7.70. The lowest BCUT2D eigenvalue weighted by Gasteiger charge is -2.06. The Morgan fingerprint density at radius 2 is 2.23 bits per heavy atom. The quantitative estimate of drug-likeness (QED) is 0.765. The molecule has 13 heavy (non-hydrogen) atoms. The molecule has 0 aliphatic carbocycles. The lowest BCUT2D eigenvalue weighted by Crippen LogP contribution is -2.05. The average Bonchev–Trinajstić information content (AvgIpc) is 2.58. The molecule has 1 aromatic rings. The molecule has 2 nitrogen and oxygen atoms in total. The Bertz CT molecular complexity index is 285. The number of nitrogens with two attached hydrogens (primary N) is 1. The van der Waals surface area contributed by atoms with Gasteiger partial charge in [-0.05, 0) is 25.5 Å². The van der Waals surface area contributed by atoms with Gasteiger partial charge in [-0.1, -0.05) is 18.2 Å². The van der Waals surface area contributed by atoms with Crippen molar-refractivity contribution in [1.82, 2.24) is 0 Å². The van der Waals surface area contributed by atoms with E-state index in [9.17, 15) is 0 Å². The minimum atomic E-state index is 0.569. The Morgan fingerprint density at radius 3 is 3.08 bits per heavy atom. The van der Waals surface area contributed by atoms with Gasteiger partial charge in [-0.2, -0.15) is 0 Å². The number of hydrogen-bond donors (Lipinski definition) is 1. The van der Waals surface area contributed by atoms with Crippen LogP contribution in [0, 0.1) is 0 Å².